The van der Waals surface area contributed by atoms with E-state index in [-0.39, 0.29) is 11.0 Å². The molecule has 2 N–H and O–H groups in total. The lowest BCUT2D eigenvalue weighted by atomic mass is 9.74. The van der Waals surface area contributed by atoms with E-state index in [1.54, 1.807) is 14.2 Å². The van der Waals surface area contributed by atoms with Gasteiger partial charge in [-0.3, -0.25) is 4.99 Å². The fourth-order valence-corrected chi connectivity index (χ4v) is 3.24. The Labute approximate surface area is 159 Å². The molecule has 0 saturated carbocycles. The van der Waals surface area contributed by atoms with E-state index in [4.69, 9.17) is 9.47 Å². The Morgan fingerprint density at radius 1 is 1.24 bits per heavy atom. The molecule has 25 heavy (non-hydrogen) atoms. The molecule has 1 saturated heterocycles. The van der Waals surface area contributed by atoms with Crippen LogP contribution < -0.4 is 10.6 Å². The third kappa shape index (κ3) is 5.69. The van der Waals surface area contributed by atoms with Crippen molar-refractivity contribution in [3.05, 3.63) is 34.3 Å². The van der Waals surface area contributed by atoms with Gasteiger partial charge in [-0.2, -0.15) is 0 Å². The number of benzene rings is 1. The second-order valence-electron chi connectivity index (χ2n) is 7.14. The number of halogens is 1. The molecule has 0 aliphatic carbocycles. The summed E-state index contributed by atoms with van der Waals surface area (Å²) in [7, 11) is 3.52. The van der Waals surface area contributed by atoms with E-state index in [0.717, 1.165) is 43.0 Å². The molecule has 0 atom stereocenters. The van der Waals surface area contributed by atoms with Crippen LogP contribution in [0.25, 0.3) is 0 Å². The van der Waals surface area contributed by atoms with E-state index in [2.05, 4.69) is 69.7 Å². The van der Waals surface area contributed by atoms with Gasteiger partial charge in [-0.25, -0.2) is 0 Å². The molecular formula is C19H30BrN3O2. The SMILES string of the molecule is CN=C(NCC(C)(C)OC)NCC1(c2ccc(Br)cc2)CCOCC1. The summed E-state index contributed by atoms with van der Waals surface area (Å²) >= 11 is 3.53. The normalized spacial score (nSPS) is 18.0. The van der Waals surface area contributed by atoms with E-state index in [1.165, 1.54) is 5.56 Å². The van der Waals surface area contributed by atoms with Crippen LogP contribution in [0.4, 0.5) is 0 Å². The molecule has 0 radical (unpaired) electrons. The lowest BCUT2D eigenvalue weighted by Crippen LogP contribution is -2.50. The van der Waals surface area contributed by atoms with Gasteiger partial charge in [-0.1, -0.05) is 28.1 Å². The first-order valence-corrected chi connectivity index (χ1v) is 9.54. The zero-order valence-electron chi connectivity index (χ0n) is 15.7. The summed E-state index contributed by atoms with van der Waals surface area (Å²) in [6.07, 6.45) is 2.00. The summed E-state index contributed by atoms with van der Waals surface area (Å²) < 4.78 is 12.2. The maximum Gasteiger partial charge on any atom is 0.191 e. The van der Waals surface area contributed by atoms with Crippen molar-refractivity contribution in [2.24, 2.45) is 4.99 Å². The van der Waals surface area contributed by atoms with Crippen molar-refractivity contribution in [2.45, 2.75) is 37.7 Å². The number of methoxy groups -OCH3 is 1. The standard InChI is InChI=1S/C19H30BrN3O2/c1-18(2,24-4)13-22-17(21-3)23-14-19(9-11-25-12-10-19)15-5-7-16(20)8-6-15/h5-8H,9-14H2,1-4H3,(H2,21,22,23). The van der Waals surface area contributed by atoms with Crippen molar-refractivity contribution in [1.82, 2.24) is 10.6 Å². The van der Waals surface area contributed by atoms with Gasteiger partial charge in [0.25, 0.3) is 0 Å². The Bertz CT molecular complexity index is 567. The predicted octanol–water partition coefficient (Wildman–Crippen LogP) is 3.09. The number of hydrogen-bond donors (Lipinski definition) is 2. The fraction of sp³-hybridized carbons (Fsp3) is 0.632. The van der Waals surface area contributed by atoms with Gasteiger partial charge >= 0.3 is 0 Å². The lowest BCUT2D eigenvalue weighted by Gasteiger charge is -2.38. The van der Waals surface area contributed by atoms with Crippen molar-refractivity contribution in [3.63, 3.8) is 0 Å². The lowest BCUT2D eigenvalue weighted by molar-refractivity contribution is 0.0267. The molecule has 0 bridgehead atoms. The molecule has 1 aromatic carbocycles. The summed E-state index contributed by atoms with van der Waals surface area (Å²) in [6, 6.07) is 8.64. The second kappa shape index (κ2) is 9.01. The van der Waals surface area contributed by atoms with Gasteiger partial charge < -0.3 is 20.1 Å². The van der Waals surface area contributed by atoms with Gasteiger partial charge in [-0.15, -0.1) is 0 Å². The molecule has 1 aliphatic rings. The number of rotatable bonds is 6. The molecule has 1 fully saturated rings. The summed E-state index contributed by atoms with van der Waals surface area (Å²) in [6.45, 7) is 7.20. The number of aliphatic imine (C=N–C) groups is 1. The minimum absolute atomic E-state index is 0.0628. The Kier molecular flexibility index (Phi) is 7.28. The van der Waals surface area contributed by atoms with Gasteiger partial charge in [0, 0.05) is 50.3 Å². The monoisotopic (exact) mass is 411 g/mol. The van der Waals surface area contributed by atoms with Crippen LogP contribution in [0.15, 0.2) is 33.7 Å². The summed E-state index contributed by atoms with van der Waals surface area (Å²) in [4.78, 5) is 4.35. The molecule has 1 aliphatic heterocycles. The predicted molar refractivity (Wildman–Crippen MR) is 106 cm³/mol. The highest BCUT2D eigenvalue weighted by atomic mass is 79.9. The molecule has 0 unspecified atom stereocenters. The summed E-state index contributed by atoms with van der Waals surface area (Å²) in [5.74, 6) is 0.799. The average Bonchev–Trinajstić information content (AvgIpc) is 2.63. The highest BCUT2D eigenvalue weighted by Gasteiger charge is 2.34. The van der Waals surface area contributed by atoms with Crippen molar-refractivity contribution >= 4 is 21.9 Å². The number of nitrogens with zero attached hydrogens (tertiary/aromatic N) is 1. The van der Waals surface area contributed by atoms with Crippen LogP contribution in [0, 0.1) is 0 Å². The second-order valence-corrected chi connectivity index (χ2v) is 8.06. The summed E-state index contributed by atoms with van der Waals surface area (Å²) in [5.41, 5.74) is 1.17. The Morgan fingerprint density at radius 3 is 2.44 bits per heavy atom. The van der Waals surface area contributed by atoms with Gasteiger partial charge in [0.15, 0.2) is 5.96 Å². The highest BCUT2D eigenvalue weighted by molar-refractivity contribution is 9.10. The summed E-state index contributed by atoms with van der Waals surface area (Å²) in [5, 5.41) is 6.86. The van der Waals surface area contributed by atoms with Crippen LogP contribution in [-0.2, 0) is 14.9 Å². The molecule has 1 heterocycles. The molecule has 1 aromatic rings. The largest absolute Gasteiger partial charge is 0.381 e. The number of nitrogens with one attached hydrogen (secondary N) is 2. The minimum Gasteiger partial charge on any atom is -0.381 e. The fourth-order valence-electron chi connectivity index (χ4n) is 2.98. The average molecular weight is 412 g/mol. The molecule has 5 nitrogen and oxygen atoms in total. The smallest absolute Gasteiger partial charge is 0.191 e. The van der Waals surface area contributed by atoms with Crippen molar-refractivity contribution in [3.8, 4) is 0 Å². The zero-order chi connectivity index (χ0) is 18.3. The van der Waals surface area contributed by atoms with E-state index < -0.39 is 0 Å². The maximum absolute atomic E-state index is 5.61. The van der Waals surface area contributed by atoms with Crippen LogP contribution in [0.3, 0.4) is 0 Å². The molecular weight excluding hydrogens is 382 g/mol. The van der Waals surface area contributed by atoms with Crippen molar-refractivity contribution in [1.29, 1.82) is 0 Å². The molecule has 0 aromatic heterocycles. The third-order valence-electron chi connectivity index (χ3n) is 4.96. The van der Waals surface area contributed by atoms with Crippen molar-refractivity contribution in [2.75, 3.05) is 40.5 Å². The third-order valence-corrected chi connectivity index (χ3v) is 5.49. The topological polar surface area (TPSA) is 54.9 Å². The Balaban J connectivity index is 2.05. The van der Waals surface area contributed by atoms with Crippen LogP contribution in [0.1, 0.15) is 32.3 Å². The van der Waals surface area contributed by atoms with Gasteiger partial charge in [0.2, 0.25) is 0 Å². The first kappa shape index (κ1) is 20.2. The molecule has 2 rings (SSSR count). The molecule has 140 valence electrons. The Morgan fingerprint density at radius 2 is 1.88 bits per heavy atom. The van der Waals surface area contributed by atoms with Crippen LogP contribution >= 0.6 is 15.9 Å². The maximum atomic E-state index is 5.61. The number of hydrogen-bond acceptors (Lipinski definition) is 3. The van der Waals surface area contributed by atoms with Crippen LogP contribution in [-0.4, -0.2) is 52.0 Å². The van der Waals surface area contributed by atoms with E-state index in [0.29, 0.717) is 6.54 Å². The quantitative estimate of drug-likeness (QED) is 0.557. The number of guanidine groups is 1. The van der Waals surface area contributed by atoms with E-state index in [1.807, 2.05) is 0 Å². The first-order chi connectivity index (χ1) is 11.9. The Hall–Kier alpha value is -1.11. The van der Waals surface area contributed by atoms with Gasteiger partial charge in [0.05, 0.1) is 5.60 Å². The molecule has 6 heteroatoms. The number of ether oxygens (including phenoxy) is 2. The van der Waals surface area contributed by atoms with Gasteiger partial charge in [-0.05, 0) is 44.4 Å². The minimum atomic E-state index is -0.236. The van der Waals surface area contributed by atoms with Crippen molar-refractivity contribution < 1.29 is 9.47 Å². The van der Waals surface area contributed by atoms with Gasteiger partial charge in [0.1, 0.15) is 0 Å². The molecule has 0 spiro atoms. The first-order valence-electron chi connectivity index (χ1n) is 8.74. The van der Waals surface area contributed by atoms with Crippen LogP contribution in [0.5, 0.6) is 0 Å². The van der Waals surface area contributed by atoms with E-state index >= 15 is 0 Å². The molecule has 0 amide bonds. The van der Waals surface area contributed by atoms with E-state index in [9.17, 15) is 0 Å². The van der Waals surface area contributed by atoms with Crippen LogP contribution in [0.2, 0.25) is 0 Å². The zero-order valence-corrected chi connectivity index (χ0v) is 17.3. The highest BCUT2D eigenvalue weighted by Crippen LogP contribution is 2.34.